The summed E-state index contributed by atoms with van der Waals surface area (Å²) in [6.45, 7) is 0. The number of para-hydroxylation sites is 2. The van der Waals surface area contributed by atoms with Crippen molar-refractivity contribution in [3.63, 3.8) is 0 Å². The van der Waals surface area contributed by atoms with Crippen molar-refractivity contribution in [2.45, 2.75) is 5.75 Å². The van der Waals surface area contributed by atoms with E-state index in [0.29, 0.717) is 5.75 Å². The summed E-state index contributed by atoms with van der Waals surface area (Å²) in [6.07, 6.45) is 3.32. The maximum Gasteiger partial charge on any atom is 2.00 e. The number of aromatic nitrogens is 3. The van der Waals surface area contributed by atoms with Crippen LogP contribution in [0.1, 0.15) is 8.55 Å². The number of benzene rings is 1. The Balaban J connectivity index is 0.00000133. The zero-order valence-electron chi connectivity index (χ0n) is 12.3. The van der Waals surface area contributed by atoms with E-state index >= 15 is 0 Å². The number of imidazole rings is 1. The van der Waals surface area contributed by atoms with Gasteiger partial charge in [-0.2, -0.15) is 3.97 Å². The van der Waals surface area contributed by atoms with Crippen molar-refractivity contribution in [1.29, 1.82) is 0 Å². The summed E-state index contributed by atoms with van der Waals surface area (Å²) in [7, 11) is 0. The predicted octanol–water partition coefficient (Wildman–Crippen LogP) is 1.99. The van der Waals surface area contributed by atoms with E-state index in [9.17, 15) is 4.55 Å². The molecule has 4 nitrogen and oxygen atoms in total. The van der Waals surface area contributed by atoms with Crippen molar-refractivity contribution in [3.05, 3.63) is 60.7 Å². The molecule has 0 N–H and O–H groups in total. The van der Waals surface area contributed by atoms with Gasteiger partial charge in [-0.05, 0) is 24.3 Å². The minimum absolute atomic E-state index is 0. The van der Waals surface area contributed by atoms with Gasteiger partial charge in [0.05, 0.1) is 22.6 Å². The van der Waals surface area contributed by atoms with Gasteiger partial charge in [0.25, 0.3) is 0 Å². The number of fused-ring (bicyclic) bond motifs is 1. The molecule has 3 aromatic rings. The molecule has 2 aromatic heterocycles. The molecule has 3 rings (SSSR count). The van der Waals surface area contributed by atoms with Crippen molar-refractivity contribution in [3.8, 4) is 0 Å². The first-order valence-corrected chi connectivity index (χ1v) is 6.83. The Morgan fingerprint density at radius 1 is 1.11 bits per heavy atom. The molecule has 0 saturated heterocycles. The van der Waals surface area contributed by atoms with Crippen LogP contribution in [0.5, 0.6) is 0 Å². The summed E-state index contributed by atoms with van der Waals surface area (Å²) >= 11 is -1.19. The first-order valence-electron chi connectivity index (χ1n) is 5.55. The van der Waals surface area contributed by atoms with Gasteiger partial charge < -0.3 is 7.41 Å². The molecule has 1 aromatic carbocycles. The van der Waals surface area contributed by atoms with Gasteiger partial charge in [-0.3, -0.25) is 4.98 Å². The minimum atomic E-state index is -1.19. The predicted molar refractivity (Wildman–Crippen MR) is 79.2 cm³/mol. The Labute approximate surface area is 133 Å². The fraction of sp³-hybridized carbons (Fsp3) is 0.0769. The molecule has 0 amide bonds. The molecular weight excluding hydrogens is 271 g/mol. The van der Waals surface area contributed by atoms with Gasteiger partial charge in [-0.25, -0.2) is 4.98 Å². The zero-order chi connectivity index (χ0) is 12.4. The molecule has 0 fully saturated rings. The Kier molecular flexibility index (Phi) is 4.81. The van der Waals surface area contributed by atoms with Crippen molar-refractivity contribution in [2.24, 2.45) is 0 Å². The van der Waals surface area contributed by atoms with Crippen molar-refractivity contribution >= 4 is 45.4 Å². The SMILES string of the molecule is [H-].[H-].[Mg+2].[O-][S+](Cc1ccccn1)n1cnc2ccccc21. The molecule has 19 heavy (non-hydrogen) atoms. The Hall–Kier alpha value is -1.08. The Morgan fingerprint density at radius 2 is 1.89 bits per heavy atom. The van der Waals surface area contributed by atoms with E-state index in [2.05, 4.69) is 9.97 Å². The van der Waals surface area contributed by atoms with Crippen molar-refractivity contribution < 1.29 is 7.41 Å². The maximum atomic E-state index is 12.3. The van der Waals surface area contributed by atoms with E-state index in [1.165, 1.54) is 0 Å². The molecular formula is C13H13MgN3OS. The fourth-order valence-electron chi connectivity index (χ4n) is 1.78. The first kappa shape index (κ1) is 14.3. The number of nitrogens with zero attached hydrogens (tertiary/aromatic N) is 3. The Morgan fingerprint density at radius 3 is 2.68 bits per heavy atom. The average molecular weight is 284 g/mol. The normalized spacial score (nSPS) is 12.1. The standard InChI is InChI=1S/C13H11N3OS.Mg.2H/c17-18(9-11-5-3-4-8-14-11)16-10-15-12-6-1-2-7-13(12)16;;;/h1-8,10H,9H2;;;/q;+2;2*-1. The molecule has 1 atom stereocenters. The van der Waals surface area contributed by atoms with Gasteiger partial charge >= 0.3 is 23.1 Å². The molecule has 94 valence electrons. The third-order valence-electron chi connectivity index (χ3n) is 2.64. The van der Waals surface area contributed by atoms with Crippen molar-refractivity contribution in [1.82, 2.24) is 13.9 Å². The smallest absolute Gasteiger partial charge is 1.00 e. The summed E-state index contributed by atoms with van der Waals surface area (Å²) < 4.78 is 14.0. The van der Waals surface area contributed by atoms with Crippen LogP contribution in [0.4, 0.5) is 0 Å². The Bertz CT molecular complexity index is 669. The molecule has 0 aliphatic heterocycles. The molecule has 0 saturated carbocycles. The van der Waals surface area contributed by atoms with Crippen LogP contribution in [0.2, 0.25) is 0 Å². The maximum absolute atomic E-state index is 12.3. The fourth-order valence-corrected chi connectivity index (χ4v) is 2.87. The van der Waals surface area contributed by atoms with E-state index in [1.807, 2.05) is 42.5 Å². The third-order valence-corrected chi connectivity index (χ3v) is 3.91. The van der Waals surface area contributed by atoms with E-state index < -0.39 is 11.4 Å². The molecule has 0 aliphatic rings. The third kappa shape index (κ3) is 3.09. The van der Waals surface area contributed by atoms with Crippen LogP contribution in [0.15, 0.2) is 55.0 Å². The number of hydrogen-bond acceptors (Lipinski definition) is 3. The molecule has 0 aliphatic carbocycles. The zero-order valence-corrected chi connectivity index (χ0v) is 12.5. The van der Waals surface area contributed by atoms with Crippen LogP contribution >= 0.6 is 0 Å². The molecule has 0 spiro atoms. The van der Waals surface area contributed by atoms with Crippen LogP contribution in [-0.2, 0) is 17.1 Å². The van der Waals surface area contributed by atoms with Crippen LogP contribution < -0.4 is 0 Å². The van der Waals surface area contributed by atoms with Crippen LogP contribution in [-0.4, -0.2) is 41.5 Å². The van der Waals surface area contributed by atoms with Gasteiger partial charge in [-0.1, -0.05) is 18.2 Å². The molecule has 0 bridgehead atoms. The average Bonchev–Trinajstić information content (AvgIpc) is 2.84. The summed E-state index contributed by atoms with van der Waals surface area (Å²) in [5.41, 5.74) is 2.55. The second kappa shape index (κ2) is 6.38. The van der Waals surface area contributed by atoms with E-state index in [0.717, 1.165) is 16.7 Å². The molecule has 0 radical (unpaired) electrons. The largest absolute Gasteiger partial charge is 2.00 e. The van der Waals surface area contributed by atoms with Crippen LogP contribution in [0.3, 0.4) is 0 Å². The number of rotatable bonds is 3. The summed E-state index contributed by atoms with van der Waals surface area (Å²) in [5, 5.41) is 0. The quantitative estimate of drug-likeness (QED) is 0.546. The summed E-state index contributed by atoms with van der Waals surface area (Å²) in [4.78, 5) is 8.41. The van der Waals surface area contributed by atoms with Crippen LogP contribution in [0, 0.1) is 0 Å². The van der Waals surface area contributed by atoms with E-state index in [1.54, 1.807) is 16.5 Å². The summed E-state index contributed by atoms with van der Waals surface area (Å²) in [6, 6.07) is 13.3. The first-order chi connectivity index (χ1) is 8.84. The van der Waals surface area contributed by atoms with E-state index in [4.69, 9.17) is 0 Å². The minimum Gasteiger partial charge on any atom is -1.00 e. The second-order valence-corrected chi connectivity index (χ2v) is 5.17. The second-order valence-electron chi connectivity index (χ2n) is 3.85. The molecule has 1 unspecified atom stereocenters. The van der Waals surface area contributed by atoms with Gasteiger partial charge in [0.2, 0.25) is 0 Å². The monoisotopic (exact) mass is 283 g/mol. The number of hydrogen-bond donors (Lipinski definition) is 0. The van der Waals surface area contributed by atoms with Gasteiger partial charge in [0.1, 0.15) is 11.8 Å². The van der Waals surface area contributed by atoms with E-state index in [-0.39, 0.29) is 25.9 Å². The summed E-state index contributed by atoms with van der Waals surface area (Å²) in [5.74, 6) is 0.390. The molecule has 6 heteroatoms. The van der Waals surface area contributed by atoms with Crippen molar-refractivity contribution in [2.75, 3.05) is 0 Å². The van der Waals surface area contributed by atoms with Gasteiger partial charge in [-0.15, -0.1) is 0 Å². The van der Waals surface area contributed by atoms with Gasteiger partial charge in [0.15, 0.2) is 5.75 Å². The van der Waals surface area contributed by atoms with Crippen LogP contribution in [0.25, 0.3) is 11.0 Å². The number of pyridine rings is 1. The molecule has 2 heterocycles. The van der Waals surface area contributed by atoms with Gasteiger partial charge in [0, 0.05) is 6.20 Å². The topological polar surface area (TPSA) is 53.8 Å².